The van der Waals surface area contributed by atoms with Crippen molar-refractivity contribution in [1.29, 1.82) is 0 Å². The Kier molecular flexibility index (Phi) is 25.0. The number of H-pyrrole nitrogens is 2. The molecule has 0 saturated carbocycles. The Balaban J connectivity index is 0.000000341. The molecule has 0 unspecified atom stereocenters. The Morgan fingerprint density at radius 1 is 0.434 bits per heavy atom. The molecule has 0 radical (unpaired) electrons. The maximum absolute atomic E-state index is 11.8. The highest BCUT2D eigenvalue weighted by Gasteiger charge is 2.45. The van der Waals surface area contributed by atoms with E-state index in [9.17, 15) is 9.59 Å². The standard InChI is InChI=1S/C14H18N2O.C14H20N2.C13H15NO.C12H14N2O.4C5H12/c1-13(2,3)12-15-11-7-5-4-6-10(11)14(16-12)8-17-9-14;1-13(2,3)12-15-11-9-7-6-8-10(11)14(4,5)16-12;1-13(2,3)12-8-11(15)9-6-4-5-7-10(9)14-12;1-12(2,3)11-13-9-7-5-4-6-8(9)10(15)14-11;4*1-5(2,3)4/h4-7H,8-9H2,1-3H3,(H,15,16);6-9H,1-5H3,(H,15,16);4-8H,1-3H3,(H,14,15);4-7H,1-3H3,(H,13,14,15);4*1-4H3. The van der Waals surface area contributed by atoms with E-state index < -0.39 is 0 Å². The number of amidine groups is 2. The lowest BCUT2D eigenvalue weighted by molar-refractivity contribution is -0.0559. The van der Waals surface area contributed by atoms with Crippen LogP contribution in [0.4, 0.5) is 11.4 Å². The number of hydrogen-bond acceptors (Lipinski definition) is 8. The van der Waals surface area contributed by atoms with Crippen LogP contribution in [0.25, 0.3) is 21.8 Å². The van der Waals surface area contributed by atoms with Crippen molar-refractivity contribution in [1.82, 2.24) is 15.0 Å². The van der Waals surface area contributed by atoms with E-state index in [0.29, 0.717) is 40.3 Å². The number of anilines is 2. The van der Waals surface area contributed by atoms with E-state index >= 15 is 0 Å². The van der Waals surface area contributed by atoms with E-state index in [1.807, 2.05) is 63.2 Å². The van der Waals surface area contributed by atoms with Gasteiger partial charge in [0.05, 0.1) is 29.7 Å². The fraction of sp³-hybridized carbons (Fsp3) is 0.575. The fourth-order valence-electron chi connectivity index (χ4n) is 7.32. The van der Waals surface area contributed by atoms with Gasteiger partial charge in [-0.15, -0.1) is 0 Å². The van der Waals surface area contributed by atoms with Gasteiger partial charge in [0.2, 0.25) is 0 Å². The Morgan fingerprint density at radius 2 is 0.819 bits per heavy atom. The summed E-state index contributed by atoms with van der Waals surface area (Å²) in [6.07, 6.45) is 0. The van der Waals surface area contributed by atoms with E-state index in [1.54, 1.807) is 12.1 Å². The molecule has 2 aromatic heterocycles. The summed E-state index contributed by atoms with van der Waals surface area (Å²) in [5.74, 6) is 2.85. The Hall–Kier alpha value is -5.87. The molecule has 3 aliphatic rings. The molecule has 10 heteroatoms. The van der Waals surface area contributed by atoms with Crippen LogP contribution in [0, 0.1) is 32.5 Å². The zero-order valence-corrected chi connectivity index (χ0v) is 57.8. The number of aromatic amines is 2. The second kappa shape index (κ2) is 28.3. The van der Waals surface area contributed by atoms with Crippen LogP contribution in [-0.4, -0.2) is 39.8 Å². The summed E-state index contributed by atoms with van der Waals surface area (Å²) in [5.41, 5.74) is 9.24. The fourth-order valence-corrected chi connectivity index (χ4v) is 7.32. The van der Waals surface area contributed by atoms with Crippen LogP contribution in [0.3, 0.4) is 0 Å². The lowest BCUT2D eigenvalue weighted by Crippen LogP contribution is -2.50. The number of nitrogens with one attached hydrogen (secondary N) is 4. The SMILES string of the molecule is CC(C)(C)C.CC(C)(C)C.CC(C)(C)C.CC(C)(C)C.CC(C)(C)C1=NC(C)(C)c2ccccc2N1.CC(C)(C)C1=NC2(COC2)c2ccccc2N1.CC(C)(C)c1cc(=O)c2ccccc2[nH]1.CC(C)(C)c1nc2ccccc2c(=O)[nH]1. The van der Waals surface area contributed by atoms with Gasteiger partial charge in [-0.3, -0.25) is 19.6 Å². The molecular formula is C73H115N7O3. The summed E-state index contributed by atoms with van der Waals surface area (Å²) in [7, 11) is 0. The van der Waals surface area contributed by atoms with Gasteiger partial charge in [0.15, 0.2) is 5.43 Å². The quantitative estimate of drug-likeness (QED) is 0.120. The lowest BCUT2D eigenvalue weighted by Gasteiger charge is -2.44. The molecule has 0 amide bonds. The zero-order valence-electron chi connectivity index (χ0n) is 57.8. The largest absolute Gasteiger partial charge is 0.375 e. The Bertz CT molecular complexity index is 3010. The minimum Gasteiger partial charge on any atom is -0.375 e. The van der Waals surface area contributed by atoms with Crippen LogP contribution in [0.5, 0.6) is 0 Å². The number of ether oxygens (including phenoxy) is 1. The van der Waals surface area contributed by atoms with Crippen molar-refractivity contribution in [3.63, 3.8) is 0 Å². The summed E-state index contributed by atoms with van der Waals surface area (Å²) >= 11 is 0. The van der Waals surface area contributed by atoms with Crippen LogP contribution in [0.2, 0.25) is 0 Å². The molecule has 1 spiro atoms. The molecule has 83 heavy (non-hydrogen) atoms. The molecule has 3 aliphatic heterocycles. The number of fused-ring (bicyclic) bond motifs is 5. The normalized spacial score (nSPS) is 15.1. The van der Waals surface area contributed by atoms with Gasteiger partial charge < -0.3 is 25.3 Å². The van der Waals surface area contributed by atoms with Crippen molar-refractivity contribution in [2.24, 2.45) is 42.5 Å². The van der Waals surface area contributed by atoms with Crippen molar-refractivity contribution in [2.45, 2.75) is 230 Å². The third-order valence-corrected chi connectivity index (χ3v) is 11.2. The van der Waals surface area contributed by atoms with Gasteiger partial charge in [-0.25, -0.2) is 4.98 Å². The number of benzene rings is 4. The van der Waals surface area contributed by atoms with E-state index in [1.165, 1.54) is 22.5 Å². The second-order valence-corrected chi connectivity index (χ2v) is 33.4. The molecule has 0 bridgehead atoms. The van der Waals surface area contributed by atoms with E-state index in [2.05, 4.69) is 261 Å². The molecule has 10 nitrogen and oxygen atoms in total. The summed E-state index contributed by atoms with van der Waals surface area (Å²) in [4.78, 5) is 43.9. The second-order valence-electron chi connectivity index (χ2n) is 33.4. The predicted molar refractivity (Wildman–Crippen MR) is 364 cm³/mol. The number of rotatable bonds is 0. The number of aliphatic imine (C=N–C) groups is 2. The van der Waals surface area contributed by atoms with Crippen molar-refractivity contribution >= 4 is 44.9 Å². The van der Waals surface area contributed by atoms with E-state index in [-0.39, 0.29) is 43.7 Å². The Labute approximate surface area is 504 Å². The van der Waals surface area contributed by atoms with Crippen molar-refractivity contribution in [2.75, 3.05) is 23.8 Å². The van der Waals surface area contributed by atoms with E-state index in [4.69, 9.17) is 14.7 Å². The first kappa shape index (κ1) is 73.2. The number of hydrogen-bond donors (Lipinski definition) is 4. The highest BCUT2D eigenvalue weighted by Crippen LogP contribution is 2.43. The van der Waals surface area contributed by atoms with Crippen LogP contribution in [-0.2, 0) is 26.6 Å². The van der Waals surface area contributed by atoms with Crippen molar-refractivity contribution in [3.05, 3.63) is 146 Å². The third kappa shape index (κ3) is 27.2. The number of para-hydroxylation sites is 4. The first-order chi connectivity index (χ1) is 37.3. The summed E-state index contributed by atoms with van der Waals surface area (Å²) in [6.45, 7) is 66.2. The minimum absolute atomic E-state index is 0.0246. The maximum Gasteiger partial charge on any atom is 0.258 e. The molecule has 5 heterocycles. The first-order valence-electron chi connectivity index (χ1n) is 29.9. The highest BCUT2D eigenvalue weighted by atomic mass is 16.5. The minimum atomic E-state index is -0.136. The number of aromatic nitrogens is 3. The summed E-state index contributed by atoms with van der Waals surface area (Å²) in [6, 6.07) is 33.5. The molecule has 9 rings (SSSR count). The van der Waals surface area contributed by atoms with Crippen molar-refractivity contribution in [3.8, 4) is 0 Å². The molecule has 460 valence electrons. The van der Waals surface area contributed by atoms with Gasteiger partial charge in [-0.2, -0.15) is 0 Å². The topological polar surface area (TPSA) is 137 Å². The predicted octanol–water partition coefficient (Wildman–Crippen LogP) is 19.8. The van der Waals surface area contributed by atoms with Crippen LogP contribution in [0.1, 0.15) is 230 Å². The lowest BCUT2D eigenvalue weighted by atomic mass is 9.83. The van der Waals surface area contributed by atoms with Crippen LogP contribution < -0.4 is 21.6 Å². The summed E-state index contributed by atoms with van der Waals surface area (Å²) in [5, 5.41) is 8.30. The summed E-state index contributed by atoms with van der Waals surface area (Å²) < 4.78 is 5.40. The molecular weight excluding hydrogens is 1020 g/mol. The van der Waals surface area contributed by atoms with Gasteiger partial charge in [0.25, 0.3) is 5.56 Å². The molecule has 1 saturated heterocycles. The third-order valence-electron chi connectivity index (χ3n) is 11.2. The molecule has 4 aromatic carbocycles. The molecule has 4 N–H and O–H groups in total. The average Bonchev–Trinajstić information content (AvgIpc) is 3.32. The van der Waals surface area contributed by atoms with Crippen LogP contribution in [0.15, 0.2) is 123 Å². The zero-order chi connectivity index (χ0) is 64.2. The van der Waals surface area contributed by atoms with Gasteiger partial charge in [-0.05, 0) is 71.9 Å². The molecule has 1 fully saturated rings. The Morgan fingerprint density at radius 3 is 1.24 bits per heavy atom. The molecule has 0 aliphatic carbocycles. The van der Waals surface area contributed by atoms with Gasteiger partial charge >= 0.3 is 0 Å². The van der Waals surface area contributed by atoms with Crippen molar-refractivity contribution < 1.29 is 4.74 Å². The average molecular weight is 1140 g/mol. The van der Waals surface area contributed by atoms with Gasteiger partial charge in [0.1, 0.15) is 23.0 Å². The van der Waals surface area contributed by atoms with E-state index in [0.717, 1.165) is 39.6 Å². The first-order valence-corrected chi connectivity index (χ1v) is 29.9. The highest BCUT2D eigenvalue weighted by molar-refractivity contribution is 6.02. The van der Waals surface area contributed by atoms with Gasteiger partial charge in [-0.1, -0.05) is 255 Å². The van der Waals surface area contributed by atoms with Crippen LogP contribution >= 0.6 is 0 Å². The maximum atomic E-state index is 11.8. The number of pyridine rings is 1. The number of nitrogens with zero attached hydrogens (tertiary/aromatic N) is 3. The van der Waals surface area contributed by atoms with Gasteiger partial charge in [0, 0.05) is 66.8 Å². The molecule has 6 aromatic rings. The monoisotopic (exact) mass is 1140 g/mol. The molecule has 0 atom stereocenters. The smallest absolute Gasteiger partial charge is 0.258 e.